The quantitative estimate of drug-likeness (QED) is 0.661. The van der Waals surface area contributed by atoms with Crippen LogP contribution in [0.15, 0.2) is 30.3 Å². The van der Waals surface area contributed by atoms with E-state index in [1.807, 2.05) is 56.0 Å². The van der Waals surface area contributed by atoms with Gasteiger partial charge in [0.05, 0.1) is 0 Å². The smallest absolute Gasteiger partial charge is 0.410 e. The van der Waals surface area contributed by atoms with Gasteiger partial charge in [-0.1, -0.05) is 30.3 Å². The van der Waals surface area contributed by atoms with Crippen LogP contribution in [0.4, 0.5) is 9.59 Å². The highest BCUT2D eigenvalue weighted by Crippen LogP contribution is 2.27. The monoisotopic (exact) mass is 459 g/mol. The molecule has 1 aromatic rings. The SMILES string of the molecule is CN(C[C@H]1CC[C@H](NC(=O)OCc2ccccc2)CC1)C1CCN(C(=O)OC(C)(C)C)CC1. The number of piperidine rings is 1. The van der Waals surface area contributed by atoms with Gasteiger partial charge in [0.15, 0.2) is 0 Å². The van der Waals surface area contributed by atoms with Gasteiger partial charge in [-0.25, -0.2) is 9.59 Å². The number of nitrogens with one attached hydrogen (secondary N) is 1. The van der Waals surface area contributed by atoms with Crippen LogP contribution in [-0.4, -0.2) is 66.4 Å². The highest BCUT2D eigenvalue weighted by Gasteiger charge is 2.30. The van der Waals surface area contributed by atoms with Gasteiger partial charge in [-0.05, 0) is 77.8 Å². The number of carbonyl (C=O) groups is 2. The summed E-state index contributed by atoms with van der Waals surface area (Å²) in [5.41, 5.74) is 0.549. The van der Waals surface area contributed by atoms with Gasteiger partial charge in [0.2, 0.25) is 0 Å². The van der Waals surface area contributed by atoms with Crippen molar-refractivity contribution >= 4 is 12.2 Å². The van der Waals surface area contributed by atoms with Crippen LogP contribution in [0.1, 0.15) is 64.9 Å². The van der Waals surface area contributed by atoms with Crippen LogP contribution in [0.5, 0.6) is 0 Å². The lowest BCUT2D eigenvalue weighted by Gasteiger charge is -2.39. The van der Waals surface area contributed by atoms with E-state index in [-0.39, 0.29) is 18.2 Å². The minimum atomic E-state index is -0.447. The highest BCUT2D eigenvalue weighted by atomic mass is 16.6. The molecule has 1 N–H and O–H groups in total. The molecule has 3 rings (SSSR count). The Hall–Kier alpha value is -2.28. The molecule has 1 saturated carbocycles. The number of benzene rings is 1. The minimum absolute atomic E-state index is 0.197. The molecule has 2 fully saturated rings. The zero-order valence-corrected chi connectivity index (χ0v) is 20.7. The van der Waals surface area contributed by atoms with Crippen molar-refractivity contribution in [3.8, 4) is 0 Å². The molecule has 1 aliphatic carbocycles. The average molecular weight is 460 g/mol. The topological polar surface area (TPSA) is 71.1 Å². The third-order valence-electron chi connectivity index (χ3n) is 6.67. The molecule has 33 heavy (non-hydrogen) atoms. The van der Waals surface area contributed by atoms with E-state index in [4.69, 9.17) is 9.47 Å². The average Bonchev–Trinajstić information content (AvgIpc) is 2.78. The second-order valence-corrected chi connectivity index (χ2v) is 10.6. The first-order valence-electron chi connectivity index (χ1n) is 12.3. The van der Waals surface area contributed by atoms with E-state index in [1.54, 1.807) is 0 Å². The number of rotatable bonds is 6. The van der Waals surface area contributed by atoms with Crippen LogP contribution < -0.4 is 5.32 Å². The molecule has 1 aromatic carbocycles. The first kappa shape index (κ1) is 25.3. The van der Waals surface area contributed by atoms with Crippen LogP contribution in [0.25, 0.3) is 0 Å². The van der Waals surface area contributed by atoms with E-state index < -0.39 is 5.60 Å². The maximum absolute atomic E-state index is 12.3. The van der Waals surface area contributed by atoms with Crippen molar-refractivity contribution in [3.05, 3.63) is 35.9 Å². The maximum Gasteiger partial charge on any atom is 0.410 e. The fourth-order valence-corrected chi connectivity index (χ4v) is 4.79. The lowest BCUT2D eigenvalue weighted by Crippen LogP contribution is -2.48. The van der Waals surface area contributed by atoms with E-state index in [2.05, 4.69) is 17.3 Å². The molecule has 7 nitrogen and oxygen atoms in total. The number of likely N-dealkylation sites (tertiary alicyclic amines) is 1. The Bertz CT molecular complexity index is 749. The van der Waals surface area contributed by atoms with Crippen molar-refractivity contribution in [1.82, 2.24) is 15.1 Å². The fourth-order valence-electron chi connectivity index (χ4n) is 4.79. The van der Waals surface area contributed by atoms with Crippen molar-refractivity contribution in [2.24, 2.45) is 5.92 Å². The molecule has 1 heterocycles. The molecule has 7 heteroatoms. The molecule has 0 atom stereocenters. The van der Waals surface area contributed by atoms with Crippen molar-refractivity contribution in [2.45, 2.75) is 83.6 Å². The van der Waals surface area contributed by atoms with Crippen LogP contribution in [-0.2, 0) is 16.1 Å². The van der Waals surface area contributed by atoms with Gasteiger partial charge in [-0.15, -0.1) is 0 Å². The Balaban J connectivity index is 1.31. The molecule has 2 amide bonds. The predicted molar refractivity (Wildman–Crippen MR) is 129 cm³/mol. The number of ether oxygens (including phenoxy) is 2. The number of carbonyl (C=O) groups excluding carboxylic acids is 2. The molecule has 0 aromatic heterocycles. The third-order valence-corrected chi connectivity index (χ3v) is 6.67. The Kier molecular flexibility index (Phi) is 9.01. The van der Waals surface area contributed by atoms with Gasteiger partial charge < -0.3 is 24.6 Å². The van der Waals surface area contributed by atoms with E-state index in [1.165, 1.54) is 0 Å². The van der Waals surface area contributed by atoms with Gasteiger partial charge in [0, 0.05) is 31.7 Å². The van der Waals surface area contributed by atoms with Gasteiger partial charge in [0.25, 0.3) is 0 Å². The predicted octanol–water partition coefficient (Wildman–Crippen LogP) is 4.80. The summed E-state index contributed by atoms with van der Waals surface area (Å²) in [7, 11) is 2.21. The Labute approximate surface area is 198 Å². The van der Waals surface area contributed by atoms with Gasteiger partial charge >= 0.3 is 12.2 Å². The van der Waals surface area contributed by atoms with E-state index >= 15 is 0 Å². The summed E-state index contributed by atoms with van der Waals surface area (Å²) >= 11 is 0. The summed E-state index contributed by atoms with van der Waals surface area (Å²) in [5, 5.41) is 3.03. The maximum atomic E-state index is 12.3. The van der Waals surface area contributed by atoms with Gasteiger partial charge in [-0.2, -0.15) is 0 Å². The summed E-state index contributed by atoms with van der Waals surface area (Å²) in [6, 6.07) is 10.5. The Morgan fingerprint density at radius 2 is 1.67 bits per heavy atom. The standard InChI is InChI=1S/C26H41N3O4/c1-26(2,3)33-25(31)29-16-14-23(15-17-29)28(4)18-20-10-12-22(13-11-20)27-24(30)32-19-21-8-6-5-7-9-21/h5-9,20,22-23H,10-19H2,1-4H3,(H,27,30)/t20-,22-. The zero-order chi connectivity index (χ0) is 23.8. The molecule has 1 saturated heterocycles. The van der Waals surface area contributed by atoms with Crippen LogP contribution in [0.3, 0.4) is 0 Å². The van der Waals surface area contributed by atoms with E-state index in [9.17, 15) is 9.59 Å². The third kappa shape index (κ3) is 8.54. The fraction of sp³-hybridized carbons (Fsp3) is 0.692. The van der Waals surface area contributed by atoms with Crippen molar-refractivity contribution < 1.29 is 19.1 Å². The summed E-state index contributed by atoms with van der Waals surface area (Å²) in [5.74, 6) is 0.650. The summed E-state index contributed by atoms with van der Waals surface area (Å²) in [4.78, 5) is 28.7. The van der Waals surface area contributed by atoms with Gasteiger partial charge in [0.1, 0.15) is 12.2 Å². The lowest BCUT2D eigenvalue weighted by molar-refractivity contribution is 0.0146. The first-order chi connectivity index (χ1) is 15.7. The van der Waals surface area contributed by atoms with Crippen LogP contribution in [0.2, 0.25) is 0 Å². The highest BCUT2D eigenvalue weighted by molar-refractivity contribution is 5.68. The molecular weight excluding hydrogens is 418 g/mol. The molecule has 2 aliphatic rings. The number of hydrogen-bond acceptors (Lipinski definition) is 5. The Morgan fingerprint density at radius 3 is 2.27 bits per heavy atom. The largest absolute Gasteiger partial charge is 0.445 e. The van der Waals surface area contributed by atoms with Crippen LogP contribution >= 0.6 is 0 Å². The second kappa shape index (κ2) is 11.7. The number of hydrogen-bond donors (Lipinski definition) is 1. The van der Waals surface area contributed by atoms with E-state index in [0.717, 1.165) is 63.7 Å². The molecule has 0 unspecified atom stereocenters. The normalized spacial score (nSPS) is 22.2. The summed E-state index contributed by atoms with van der Waals surface area (Å²) in [6.45, 7) is 8.61. The second-order valence-electron chi connectivity index (χ2n) is 10.6. The molecule has 0 bridgehead atoms. The lowest BCUT2D eigenvalue weighted by atomic mass is 9.85. The van der Waals surface area contributed by atoms with Gasteiger partial charge in [-0.3, -0.25) is 0 Å². The van der Waals surface area contributed by atoms with E-state index in [0.29, 0.717) is 18.6 Å². The number of nitrogens with zero attached hydrogens (tertiary/aromatic N) is 2. The van der Waals surface area contributed by atoms with Crippen molar-refractivity contribution in [1.29, 1.82) is 0 Å². The number of alkyl carbamates (subject to hydrolysis) is 1. The molecule has 0 radical (unpaired) electrons. The molecular formula is C26H41N3O4. The molecule has 0 spiro atoms. The summed E-state index contributed by atoms with van der Waals surface area (Å²) < 4.78 is 10.9. The first-order valence-corrected chi connectivity index (χ1v) is 12.3. The van der Waals surface area contributed by atoms with Crippen molar-refractivity contribution in [3.63, 3.8) is 0 Å². The Morgan fingerprint density at radius 1 is 1.03 bits per heavy atom. The molecule has 184 valence electrons. The zero-order valence-electron chi connectivity index (χ0n) is 20.7. The molecule has 1 aliphatic heterocycles. The van der Waals surface area contributed by atoms with Crippen LogP contribution in [0, 0.1) is 5.92 Å². The summed E-state index contributed by atoms with van der Waals surface area (Å²) in [6.07, 6.45) is 5.68. The van der Waals surface area contributed by atoms with Crippen molar-refractivity contribution in [2.75, 3.05) is 26.7 Å². The number of amides is 2. The minimum Gasteiger partial charge on any atom is -0.445 e.